The molecule has 0 aliphatic heterocycles. The number of hydrogen-bond acceptors (Lipinski definition) is 7. The Bertz CT molecular complexity index is 1160. The van der Waals surface area contributed by atoms with Crippen molar-refractivity contribution >= 4 is 18.0 Å². The van der Waals surface area contributed by atoms with E-state index in [0.29, 0.717) is 0 Å². The molecule has 3 N–H and O–H groups in total. The number of aliphatic carboxylic acids is 1. The van der Waals surface area contributed by atoms with Gasteiger partial charge >= 0.3 is 12.1 Å². The molecule has 1 atom stereocenters. The molecule has 10 nitrogen and oxygen atoms in total. The lowest BCUT2D eigenvalue weighted by molar-refractivity contribution is -0.140. The van der Waals surface area contributed by atoms with E-state index in [1.807, 2.05) is 48.5 Å². The smallest absolute Gasteiger partial charge is 0.407 e. The Morgan fingerprint density at radius 1 is 1.09 bits per heavy atom. The number of carboxylic acids is 1. The molecule has 0 saturated carbocycles. The van der Waals surface area contributed by atoms with Gasteiger partial charge in [-0.2, -0.15) is 0 Å². The predicted octanol–water partition coefficient (Wildman–Crippen LogP) is 2.54. The molecule has 0 saturated heterocycles. The number of carboxylic acid groups (broad SMARTS) is 1. The van der Waals surface area contributed by atoms with Gasteiger partial charge in [-0.15, -0.1) is 0 Å². The van der Waals surface area contributed by atoms with Crippen LogP contribution in [0.3, 0.4) is 0 Å². The Kier molecular flexibility index (Phi) is 6.88. The van der Waals surface area contributed by atoms with Crippen molar-refractivity contribution in [3.63, 3.8) is 0 Å². The predicted molar refractivity (Wildman–Crippen MR) is 119 cm³/mol. The van der Waals surface area contributed by atoms with Crippen molar-refractivity contribution in [1.82, 2.24) is 15.6 Å². The second-order valence-corrected chi connectivity index (χ2v) is 7.62. The molecule has 0 fully saturated rings. The van der Waals surface area contributed by atoms with E-state index < -0.39 is 24.0 Å². The normalized spacial score (nSPS) is 13.0. The highest BCUT2D eigenvalue weighted by atomic mass is 16.5. The van der Waals surface area contributed by atoms with Crippen LogP contribution in [-0.2, 0) is 20.8 Å². The second kappa shape index (κ2) is 10.2. The molecule has 2 amide bonds. The summed E-state index contributed by atoms with van der Waals surface area (Å²) in [6.45, 7) is -0.241. The van der Waals surface area contributed by atoms with Crippen molar-refractivity contribution in [3.05, 3.63) is 77.5 Å². The molecule has 1 heterocycles. The van der Waals surface area contributed by atoms with Crippen molar-refractivity contribution < 1.29 is 33.4 Å². The van der Waals surface area contributed by atoms with Gasteiger partial charge < -0.3 is 29.6 Å². The zero-order valence-corrected chi connectivity index (χ0v) is 18.3. The van der Waals surface area contributed by atoms with Gasteiger partial charge in [0, 0.05) is 13.0 Å². The molecule has 1 aliphatic carbocycles. The molecule has 0 spiro atoms. The number of oxazole rings is 1. The molecule has 0 bridgehead atoms. The van der Waals surface area contributed by atoms with Gasteiger partial charge in [-0.3, -0.25) is 4.79 Å². The number of benzene rings is 2. The minimum Gasteiger partial charge on any atom is -0.480 e. The van der Waals surface area contributed by atoms with Crippen LogP contribution >= 0.6 is 0 Å². The van der Waals surface area contributed by atoms with Gasteiger partial charge in [-0.05, 0) is 22.3 Å². The van der Waals surface area contributed by atoms with Crippen LogP contribution in [-0.4, -0.2) is 54.4 Å². The Balaban J connectivity index is 1.35. The first kappa shape index (κ1) is 23.0. The maximum Gasteiger partial charge on any atom is 0.407 e. The van der Waals surface area contributed by atoms with Gasteiger partial charge in [0.2, 0.25) is 0 Å². The van der Waals surface area contributed by atoms with Gasteiger partial charge in [-0.1, -0.05) is 48.5 Å². The fourth-order valence-corrected chi connectivity index (χ4v) is 3.95. The van der Waals surface area contributed by atoms with Crippen LogP contribution in [0.2, 0.25) is 0 Å². The lowest BCUT2D eigenvalue weighted by Crippen LogP contribution is -2.44. The van der Waals surface area contributed by atoms with Gasteiger partial charge in [0.25, 0.3) is 5.91 Å². The topological polar surface area (TPSA) is 140 Å². The van der Waals surface area contributed by atoms with Gasteiger partial charge in [0.1, 0.15) is 6.61 Å². The summed E-state index contributed by atoms with van der Waals surface area (Å²) in [5.74, 6) is -2.04. The van der Waals surface area contributed by atoms with Crippen LogP contribution in [0, 0.1) is 0 Å². The number of amides is 2. The first-order chi connectivity index (χ1) is 16.5. The van der Waals surface area contributed by atoms with E-state index in [2.05, 4.69) is 15.6 Å². The zero-order chi connectivity index (χ0) is 24.1. The maximum absolute atomic E-state index is 12.4. The van der Waals surface area contributed by atoms with Crippen molar-refractivity contribution in [2.75, 3.05) is 20.3 Å². The SMILES string of the molecule is COCC(NC(=O)c1ncoc1CNC(=O)OCC1c2ccccc2-c2ccccc21)C(=O)O. The Morgan fingerprint density at radius 3 is 2.35 bits per heavy atom. The van der Waals surface area contributed by atoms with Crippen LogP contribution in [0.5, 0.6) is 0 Å². The summed E-state index contributed by atoms with van der Waals surface area (Å²) in [7, 11) is 1.32. The summed E-state index contributed by atoms with van der Waals surface area (Å²) >= 11 is 0. The lowest BCUT2D eigenvalue weighted by Gasteiger charge is -2.14. The van der Waals surface area contributed by atoms with Crippen molar-refractivity contribution in [1.29, 1.82) is 0 Å². The highest BCUT2D eigenvalue weighted by Crippen LogP contribution is 2.44. The standard InChI is InChI=1S/C24H23N3O7/c1-32-12-19(23(29)30)27-22(28)21-20(34-13-26-21)10-25-24(31)33-11-18-16-8-4-2-6-14(16)15-7-3-5-9-17(15)18/h2-9,13,18-19H,10-12H2,1H3,(H,25,31)(H,27,28)(H,29,30). The third-order valence-corrected chi connectivity index (χ3v) is 5.53. The number of alkyl carbamates (subject to hydrolysis) is 1. The number of aromatic nitrogens is 1. The summed E-state index contributed by atoms with van der Waals surface area (Å²) in [5, 5.41) is 14.0. The van der Waals surface area contributed by atoms with Gasteiger partial charge in [0.05, 0.1) is 13.2 Å². The van der Waals surface area contributed by atoms with Crippen molar-refractivity contribution in [2.24, 2.45) is 0 Å². The monoisotopic (exact) mass is 465 g/mol. The summed E-state index contributed by atoms with van der Waals surface area (Å²) in [6.07, 6.45) is 0.350. The molecule has 3 aromatic rings. The number of nitrogens with zero attached hydrogens (tertiary/aromatic N) is 1. The molecule has 10 heteroatoms. The quantitative estimate of drug-likeness (QED) is 0.438. The molecule has 1 aromatic heterocycles. The number of hydrogen-bond donors (Lipinski definition) is 3. The highest BCUT2D eigenvalue weighted by molar-refractivity contribution is 5.95. The Hall–Kier alpha value is -4.18. The van der Waals surface area contributed by atoms with Crippen LogP contribution in [0.25, 0.3) is 11.1 Å². The molecule has 34 heavy (non-hydrogen) atoms. The summed E-state index contributed by atoms with van der Waals surface area (Å²) in [6, 6.07) is 14.8. The average Bonchev–Trinajstić information content (AvgIpc) is 3.44. The Labute approximate surface area is 194 Å². The summed E-state index contributed by atoms with van der Waals surface area (Å²) in [4.78, 5) is 39.8. The van der Waals surface area contributed by atoms with Crippen molar-refractivity contribution in [3.8, 4) is 11.1 Å². The average molecular weight is 465 g/mol. The lowest BCUT2D eigenvalue weighted by atomic mass is 9.98. The van der Waals surface area contributed by atoms with E-state index >= 15 is 0 Å². The van der Waals surface area contributed by atoms with Crippen LogP contribution < -0.4 is 10.6 Å². The second-order valence-electron chi connectivity index (χ2n) is 7.62. The number of carbonyl (C=O) groups excluding carboxylic acids is 2. The summed E-state index contributed by atoms with van der Waals surface area (Å²) in [5.41, 5.74) is 4.29. The first-order valence-electron chi connectivity index (χ1n) is 10.5. The van der Waals surface area contributed by atoms with Crippen LogP contribution in [0.1, 0.15) is 33.3 Å². The van der Waals surface area contributed by atoms with E-state index in [1.165, 1.54) is 7.11 Å². The van der Waals surface area contributed by atoms with Crippen molar-refractivity contribution in [2.45, 2.75) is 18.5 Å². The van der Waals surface area contributed by atoms with Gasteiger partial charge in [0.15, 0.2) is 23.9 Å². The minimum absolute atomic E-state index is 0.0626. The molecular weight excluding hydrogens is 442 g/mol. The molecule has 1 unspecified atom stereocenters. The van der Waals surface area contributed by atoms with E-state index in [-0.39, 0.29) is 37.1 Å². The molecule has 0 radical (unpaired) electrons. The van der Waals surface area contributed by atoms with Crippen LogP contribution in [0.4, 0.5) is 4.79 Å². The van der Waals surface area contributed by atoms with E-state index in [4.69, 9.17) is 19.0 Å². The van der Waals surface area contributed by atoms with E-state index in [0.717, 1.165) is 28.6 Å². The highest BCUT2D eigenvalue weighted by Gasteiger charge is 2.29. The number of methoxy groups -OCH3 is 1. The number of ether oxygens (including phenoxy) is 2. The molecular formula is C24H23N3O7. The minimum atomic E-state index is -1.25. The number of carbonyl (C=O) groups is 3. The van der Waals surface area contributed by atoms with Gasteiger partial charge in [-0.25, -0.2) is 14.6 Å². The maximum atomic E-state index is 12.4. The zero-order valence-electron chi connectivity index (χ0n) is 18.3. The van der Waals surface area contributed by atoms with E-state index in [1.54, 1.807) is 0 Å². The molecule has 2 aromatic carbocycles. The largest absolute Gasteiger partial charge is 0.480 e. The molecule has 176 valence electrons. The number of fused-ring (bicyclic) bond motifs is 3. The Morgan fingerprint density at radius 2 is 1.74 bits per heavy atom. The third-order valence-electron chi connectivity index (χ3n) is 5.53. The number of rotatable bonds is 9. The van der Waals surface area contributed by atoms with Crippen LogP contribution in [0.15, 0.2) is 59.3 Å². The van der Waals surface area contributed by atoms with E-state index in [9.17, 15) is 14.4 Å². The first-order valence-corrected chi connectivity index (χ1v) is 10.5. The third kappa shape index (κ3) is 4.76. The molecule has 4 rings (SSSR count). The fraction of sp³-hybridized carbons (Fsp3) is 0.250. The fourth-order valence-electron chi connectivity index (χ4n) is 3.95. The number of nitrogens with one attached hydrogen (secondary N) is 2. The molecule has 1 aliphatic rings. The summed E-state index contributed by atoms with van der Waals surface area (Å²) < 4.78 is 15.4.